The Morgan fingerprint density at radius 1 is 1.07 bits per heavy atom. The summed E-state index contributed by atoms with van der Waals surface area (Å²) in [6.07, 6.45) is 5.21. The molecule has 1 aromatic carbocycles. The lowest BCUT2D eigenvalue weighted by atomic mass is 9.85. The number of carbonyl (C=O) groups is 3. The predicted molar refractivity (Wildman–Crippen MR) is 98.1 cm³/mol. The summed E-state index contributed by atoms with van der Waals surface area (Å²) in [4.78, 5) is 38.2. The molecular weight excluding hydrogens is 348 g/mol. The van der Waals surface area contributed by atoms with Crippen LogP contribution in [0.3, 0.4) is 0 Å². The molecule has 1 aliphatic heterocycles. The average Bonchev–Trinajstić information content (AvgIpc) is 2.95. The first-order valence-corrected chi connectivity index (χ1v) is 9.03. The van der Waals surface area contributed by atoms with Crippen molar-refractivity contribution in [2.75, 3.05) is 20.8 Å². The highest BCUT2D eigenvalue weighted by molar-refractivity contribution is 6.05. The van der Waals surface area contributed by atoms with Gasteiger partial charge in [0.25, 0.3) is 0 Å². The van der Waals surface area contributed by atoms with E-state index in [9.17, 15) is 14.4 Å². The molecule has 0 radical (unpaired) electrons. The highest BCUT2D eigenvalue weighted by Gasteiger charge is 2.46. The summed E-state index contributed by atoms with van der Waals surface area (Å²) in [6.45, 7) is 0.457. The number of hydrogen-bond acceptors (Lipinski definition) is 5. The van der Waals surface area contributed by atoms with Gasteiger partial charge in [0, 0.05) is 19.5 Å². The summed E-state index contributed by atoms with van der Waals surface area (Å²) in [5, 5.41) is 2.81. The summed E-state index contributed by atoms with van der Waals surface area (Å²) in [6, 6.07) is 5.41. The minimum absolute atomic E-state index is 0.0949. The fourth-order valence-corrected chi connectivity index (χ4v) is 3.58. The number of hydrogen-bond donors (Lipinski definition) is 1. The number of rotatable bonds is 7. The molecule has 3 amide bonds. The van der Waals surface area contributed by atoms with Gasteiger partial charge < -0.3 is 14.8 Å². The summed E-state index contributed by atoms with van der Waals surface area (Å²) < 4.78 is 10.4. The SMILES string of the molecule is COc1ccc(CNC(=O)CCN2C(=O)[C@@H]3CC=CC[C@H]3C2=O)cc1OC. The number of likely N-dealkylation sites (tertiary alicyclic amines) is 1. The smallest absolute Gasteiger partial charge is 0.233 e. The monoisotopic (exact) mass is 372 g/mol. The van der Waals surface area contributed by atoms with Crippen molar-refractivity contribution in [2.24, 2.45) is 11.8 Å². The van der Waals surface area contributed by atoms with E-state index in [0.29, 0.717) is 30.9 Å². The zero-order chi connectivity index (χ0) is 19.4. The number of methoxy groups -OCH3 is 2. The molecule has 7 nitrogen and oxygen atoms in total. The molecule has 1 fully saturated rings. The van der Waals surface area contributed by atoms with Crippen LogP contribution in [-0.2, 0) is 20.9 Å². The highest BCUT2D eigenvalue weighted by atomic mass is 16.5. The van der Waals surface area contributed by atoms with Crippen LogP contribution in [0, 0.1) is 11.8 Å². The third kappa shape index (κ3) is 3.97. The second-order valence-electron chi connectivity index (χ2n) is 6.70. The van der Waals surface area contributed by atoms with Crippen LogP contribution in [0.1, 0.15) is 24.8 Å². The molecule has 1 heterocycles. The number of nitrogens with one attached hydrogen (secondary N) is 1. The van der Waals surface area contributed by atoms with Gasteiger partial charge in [0.2, 0.25) is 17.7 Å². The number of fused-ring (bicyclic) bond motifs is 1. The first kappa shape index (κ1) is 18.9. The first-order chi connectivity index (χ1) is 13.0. The molecule has 1 N–H and O–H groups in total. The molecule has 144 valence electrons. The van der Waals surface area contributed by atoms with Crippen LogP contribution in [0.4, 0.5) is 0 Å². The molecule has 0 unspecified atom stereocenters. The van der Waals surface area contributed by atoms with Crippen molar-refractivity contribution in [3.8, 4) is 11.5 Å². The highest BCUT2D eigenvalue weighted by Crippen LogP contribution is 2.35. The topological polar surface area (TPSA) is 84.9 Å². The predicted octanol–water partition coefficient (Wildman–Crippen LogP) is 1.66. The molecule has 3 rings (SSSR count). The Bertz CT molecular complexity index is 748. The molecule has 1 saturated heterocycles. The number of nitrogens with zero attached hydrogens (tertiary/aromatic N) is 1. The minimum Gasteiger partial charge on any atom is -0.493 e. The van der Waals surface area contributed by atoms with Gasteiger partial charge in [-0.15, -0.1) is 0 Å². The third-order valence-electron chi connectivity index (χ3n) is 5.10. The summed E-state index contributed by atoms with van der Waals surface area (Å²) in [5.41, 5.74) is 0.867. The molecule has 7 heteroatoms. The second kappa shape index (κ2) is 8.24. The number of ether oxygens (including phenoxy) is 2. The lowest BCUT2D eigenvalue weighted by Crippen LogP contribution is -2.35. The van der Waals surface area contributed by atoms with Gasteiger partial charge in [-0.1, -0.05) is 18.2 Å². The average molecular weight is 372 g/mol. The molecular formula is C20H24N2O5. The van der Waals surface area contributed by atoms with Gasteiger partial charge >= 0.3 is 0 Å². The van der Waals surface area contributed by atoms with Gasteiger partial charge in [-0.2, -0.15) is 0 Å². The van der Waals surface area contributed by atoms with Gasteiger partial charge in [-0.3, -0.25) is 19.3 Å². The maximum absolute atomic E-state index is 12.4. The molecule has 0 aromatic heterocycles. The van der Waals surface area contributed by atoms with Crippen LogP contribution in [-0.4, -0.2) is 43.4 Å². The van der Waals surface area contributed by atoms with E-state index in [1.54, 1.807) is 26.4 Å². The van der Waals surface area contributed by atoms with Crippen LogP contribution >= 0.6 is 0 Å². The van der Waals surface area contributed by atoms with Crippen LogP contribution < -0.4 is 14.8 Å². The number of imide groups is 1. The Balaban J connectivity index is 1.50. The zero-order valence-corrected chi connectivity index (χ0v) is 15.6. The number of amides is 3. The Labute approximate surface area is 158 Å². The molecule has 0 spiro atoms. The molecule has 2 aliphatic rings. The van der Waals surface area contributed by atoms with E-state index >= 15 is 0 Å². The molecule has 27 heavy (non-hydrogen) atoms. The molecule has 2 atom stereocenters. The standard InChI is InChI=1S/C20H24N2O5/c1-26-16-8-7-13(11-17(16)27-2)12-21-18(23)9-10-22-19(24)14-5-3-4-6-15(14)20(22)25/h3-4,7-8,11,14-15H,5-6,9-10,12H2,1-2H3,(H,21,23)/t14-,15-/m1/s1. The van der Waals surface area contributed by atoms with Crippen LogP contribution in [0.5, 0.6) is 11.5 Å². The Kier molecular flexibility index (Phi) is 5.78. The summed E-state index contributed by atoms with van der Waals surface area (Å²) in [5.74, 6) is 0.195. The van der Waals surface area contributed by atoms with Crippen molar-refractivity contribution in [1.82, 2.24) is 10.2 Å². The van der Waals surface area contributed by atoms with Crippen molar-refractivity contribution in [3.63, 3.8) is 0 Å². The van der Waals surface area contributed by atoms with E-state index in [-0.39, 0.29) is 42.5 Å². The quantitative estimate of drug-likeness (QED) is 0.581. The van der Waals surface area contributed by atoms with Crippen molar-refractivity contribution in [3.05, 3.63) is 35.9 Å². The van der Waals surface area contributed by atoms with Crippen molar-refractivity contribution < 1.29 is 23.9 Å². The van der Waals surface area contributed by atoms with Gasteiger partial charge in [-0.25, -0.2) is 0 Å². The first-order valence-electron chi connectivity index (χ1n) is 9.03. The normalized spacial score (nSPS) is 21.2. The minimum atomic E-state index is -0.252. The molecule has 1 aromatic rings. The zero-order valence-electron chi connectivity index (χ0n) is 15.6. The third-order valence-corrected chi connectivity index (χ3v) is 5.10. The van der Waals surface area contributed by atoms with Crippen molar-refractivity contribution >= 4 is 17.7 Å². The largest absolute Gasteiger partial charge is 0.493 e. The summed E-state index contributed by atoms with van der Waals surface area (Å²) in [7, 11) is 3.11. The van der Waals surface area contributed by atoms with E-state index in [1.807, 2.05) is 18.2 Å². The number of allylic oxidation sites excluding steroid dienone is 2. The molecule has 1 aliphatic carbocycles. The van der Waals surface area contributed by atoms with E-state index in [4.69, 9.17) is 9.47 Å². The van der Waals surface area contributed by atoms with Gasteiger partial charge in [0.05, 0.1) is 26.1 Å². The van der Waals surface area contributed by atoms with E-state index in [2.05, 4.69) is 5.32 Å². The fraction of sp³-hybridized carbons (Fsp3) is 0.450. The van der Waals surface area contributed by atoms with E-state index < -0.39 is 0 Å². The van der Waals surface area contributed by atoms with Crippen molar-refractivity contribution in [1.29, 1.82) is 0 Å². The number of carbonyl (C=O) groups excluding carboxylic acids is 3. The Hall–Kier alpha value is -2.83. The van der Waals surface area contributed by atoms with Crippen molar-refractivity contribution in [2.45, 2.75) is 25.8 Å². The second-order valence-corrected chi connectivity index (χ2v) is 6.70. The lowest BCUT2D eigenvalue weighted by Gasteiger charge is -2.14. The van der Waals surface area contributed by atoms with E-state index in [0.717, 1.165) is 5.56 Å². The van der Waals surface area contributed by atoms with Gasteiger partial charge in [0.15, 0.2) is 11.5 Å². The van der Waals surface area contributed by atoms with Crippen LogP contribution in [0.15, 0.2) is 30.4 Å². The maximum atomic E-state index is 12.4. The summed E-state index contributed by atoms with van der Waals surface area (Å²) >= 11 is 0. The lowest BCUT2D eigenvalue weighted by molar-refractivity contribution is -0.140. The fourth-order valence-electron chi connectivity index (χ4n) is 3.58. The van der Waals surface area contributed by atoms with Crippen LogP contribution in [0.2, 0.25) is 0 Å². The van der Waals surface area contributed by atoms with Gasteiger partial charge in [-0.05, 0) is 30.5 Å². The Morgan fingerprint density at radius 3 is 2.30 bits per heavy atom. The van der Waals surface area contributed by atoms with Crippen LogP contribution in [0.25, 0.3) is 0 Å². The molecule has 0 saturated carbocycles. The maximum Gasteiger partial charge on any atom is 0.233 e. The number of benzene rings is 1. The molecule has 0 bridgehead atoms. The Morgan fingerprint density at radius 2 is 1.70 bits per heavy atom. The van der Waals surface area contributed by atoms with E-state index in [1.165, 1.54) is 4.90 Å². The van der Waals surface area contributed by atoms with Gasteiger partial charge in [0.1, 0.15) is 0 Å².